The average molecular weight is 364 g/mol. The number of aryl methyl sites for hydroxylation is 3. The molecule has 0 saturated carbocycles. The van der Waals surface area contributed by atoms with E-state index in [2.05, 4.69) is 15.3 Å². The number of aromatic nitrogens is 3. The van der Waals surface area contributed by atoms with Crippen LogP contribution in [0.4, 0.5) is 5.13 Å². The molecule has 0 fully saturated rings. The van der Waals surface area contributed by atoms with Gasteiger partial charge in [-0.2, -0.15) is 4.98 Å². The van der Waals surface area contributed by atoms with Crippen LogP contribution in [0.5, 0.6) is 0 Å². The molecule has 0 aromatic carbocycles. The third-order valence-electron chi connectivity index (χ3n) is 3.22. The maximum Gasteiger partial charge on any atom is 0.350 e. The van der Waals surface area contributed by atoms with Crippen molar-refractivity contribution >= 4 is 28.3 Å². The van der Waals surface area contributed by atoms with Crippen molar-refractivity contribution in [2.75, 3.05) is 5.32 Å². The van der Waals surface area contributed by atoms with Gasteiger partial charge in [-0.1, -0.05) is 11.3 Å². The fraction of sp³-hybridized carbons (Fsp3) is 0.438. The molecule has 0 aliphatic carbocycles. The number of amides is 1. The first kappa shape index (κ1) is 18.8. The molecule has 0 saturated heterocycles. The summed E-state index contributed by atoms with van der Waals surface area (Å²) in [7, 11) is 0. The van der Waals surface area contributed by atoms with Gasteiger partial charge < -0.3 is 10.1 Å². The predicted molar refractivity (Wildman–Crippen MR) is 94.0 cm³/mol. The maximum absolute atomic E-state index is 12.2. The highest BCUT2D eigenvalue weighted by atomic mass is 32.1. The van der Waals surface area contributed by atoms with E-state index in [1.165, 1.54) is 4.57 Å². The maximum atomic E-state index is 12.2. The molecular weight excluding hydrogens is 344 g/mol. The monoisotopic (exact) mass is 364 g/mol. The third-order valence-corrected chi connectivity index (χ3v) is 4.27. The molecule has 134 valence electrons. The molecule has 9 heteroatoms. The van der Waals surface area contributed by atoms with Crippen LogP contribution in [0.1, 0.15) is 40.6 Å². The van der Waals surface area contributed by atoms with Gasteiger partial charge in [0.1, 0.15) is 11.4 Å². The molecular formula is C16H20N4O4S. The Bertz CT molecular complexity index is 870. The Kier molecular flexibility index (Phi) is 5.68. The highest BCUT2D eigenvalue weighted by Crippen LogP contribution is 2.23. The van der Waals surface area contributed by atoms with Crippen molar-refractivity contribution in [2.24, 2.45) is 0 Å². The van der Waals surface area contributed by atoms with Gasteiger partial charge in [0, 0.05) is 11.4 Å². The lowest BCUT2D eigenvalue weighted by molar-refractivity contribution is -0.116. The summed E-state index contributed by atoms with van der Waals surface area (Å²) in [5.74, 6) is -0.895. The zero-order valence-electron chi connectivity index (χ0n) is 14.7. The Morgan fingerprint density at radius 1 is 1.28 bits per heavy atom. The topological polar surface area (TPSA) is 103 Å². The number of esters is 1. The van der Waals surface area contributed by atoms with Crippen LogP contribution in [0.15, 0.2) is 10.9 Å². The summed E-state index contributed by atoms with van der Waals surface area (Å²) in [6.45, 7) is 8.45. The number of ether oxygens (including phenoxy) is 1. The number of rotatable bonds is 5. The van der Waals surface area contributed by atoms with Gasteiger partial charge in [0.05, 0.1) is 11.8 Å². The summed E-state index contributed by atoms with van der Waals surface area (Å²) in [5.41, 5.74) is 1.24. The summed E-state index contributed by atoms with van der Waals surface area (Å²) < 4.78 is 6.41. The van der Waals surface area contributed by atoms with Gasteiger partial charge >= 0.3 is 11.7 Å². The summed E-state index contributed by atoms with van der Waals surface area (Å²) in [6, 6.07) is 1.72. The van der Waals surface area contributed by atoms with Crippen molar-refractivity contribution in [2.45, 2.75) is 47.3 Å². The van der Waals surface area contributed by atoms with Crippen molar-refractivity contribution in [1.29, 1.82) is 0 Å². The second-order valence-electron chi connectivity index (χ2n) is 5.84. The van der Waals surface area contributed by atoms with Gasteiger partial charge in [-0.25, -0.2) is 14.6 Å². The Morgan fingerprint density at radius 3 is 2.56 bits per heavy atom. The van der Waals surface area contributed by atoms with Gasteiger partial charge in [-0.3, -0.25) is 9.36 Å². The molecule has 0 aliphatic rings. The highest BCUT2D eigenvalue weighted by molar-refractivity contribution is 7.17. The standard InChI is InChI=1S/C16H20N4O4S/c1-8(2)24-14(22)13-11(5)18-15(25-13)19-12(21)7-20-10(4)6-9(3)17-16(20)23/h6,8H,7H2,1-5H3,(H,18,19,21). The Balaban J connectivity index is 2.12. The lowest BCUT2D eigenvalue weighted by atomic mass is 10.3. The van der Waals surface area contributed by atoms with Crippen molar-refractivity contribution < 1.29 is 14.3 Å². The van der Waals surface area contributed by atoms with Crippen molar-refractivity contribution in [1.82, 2.24) is 14.5 Å². The molecule has 2 aromatic heterocycles. The third kappa shape index (κ3) is 4.72. The fourth-order valence-corrected chi connectivity index (χ4v) is 3.04. The van der Waals surface area contributed by atoms with Crippen molar-refractivity contribution in [3.63, 3.8) is 0 Å². The van der Waals surface area contributed by atoms with E-state index in [9.17, 15) is 14.4 Å². The summed E-state index contributed by atoms with van der Waals surface area (Å²) in [4.78, 5) is 44.4. The van der Waals surface area contributed by atoms with E-state index in [0.717, 1.165) is 11.3 Å². The zero-order chi connectivity index (χ0) is 18.7. The van der Waals surface area contributed by atoms with Gasteiger partial charge in [0.25, 0.3) is 0 Å². The number of thiazole rings is 1. The van der Waals surface area contributed by atoms with Crippen LogP contribution in [0.2, 0.25) is 0 Å². The van der Waals surface area contributed by atoms with Crippen LogP contribution in [-0.2, 0) is 16.1 Å². The summed E-state index contributed by atoms with van der Waals surface area (Å²) >= 11 is 1.04. The Morgan fingerprint density at radius 2 is 1.96 bits per heavy atom. The fourth-order valence-electron chi connectivity index (χ4n) is 2.18. The van der Waals surface area contributed by atoms with E-state index >= 15 is 0 Å². The zero-order valence-corrected chi connectivity index (χ0v) is 15.6. The molecule has 0 aliphatic heterocycles. The SMILES string of the molecule is Cc1cc(C)n(CC(=O)Nc2nc(C)c(C(=O)OC(C)C)s2)c(=O)n1. The minimum Gasteiger partial charge on any atom is -0.459 e. The number of hydrogen-bond donors (Lipinski definition) is 1. The van der Waals surface area contributed by atoms with Crippen LogP contribution >= 0.6 is 11.3 Å². The molecule has 1 N–H and O–H groups in total. The number of nitrogens with zero attached hydrogens (tertiary/aromatic N) is 3. The molecule has 8 nitrogen and oxygen atoms in total. The normalized spacial score (nSPS) is 10.8. The quantitative estimate of drug-likeness (QED) is 0.812. The molecule has 25 heavy (non-hydrogen) atoms. The highest BCUT2D eigenvalue weighted by Gasteiger charge is 2.19. The number of carbonyl (C=O) groups excluding carboxylic acids is 2. The molecule has 2 aromatic rings. The molecule has 0 spiro atoms. The first-order valence-corrected chi connectivity index (χ1v) is 8.52. The smallest absolute Gasteiger partial charge is 0.350 e. The van der Waals surface area contributed by atoms with Crippen LogP contribution in [0, 0.1) is 20.8 Å². The first-order valence-electron chi connectivity index (χ1n) is 7.70. The Labute approximate surface area is 148 Å². The minimum atomic E-state index is -0.482. The van der Waals surface area contributed by atoms with Crippen LogP contribution in [0.3, 0.4) is 0 Å². The molecule has 2 heterocycles. The lowest BCUT2D eigenvalue weighted by Gasteiger charge is -2.09. The number of hydrogen-bond acceptors (Lipinski definition) is 7. The molecule has 0 bridgehead atoms. The number of carbonyl (C=O) groups is 2. The largest absolute Gasteiger partial charge is 0.459 e. The number of anilines is 1. The minimum absolute atomic E-state index is 0.178. The van der Waals surface area contributed by atoms with Crippen LogP contribution < -0.4 is 11.0 Å². The van der Waals surface area contributed by atoms with Gasteiger partial charge in [0.15, 0.2) is 5.13 Å². The van der Waals surface area contributed by atoms with E-state index in [4.69, 9.17) is 4.74 Å². The second kappa shape index (κ2) is 7.56. The lowest BCUT2D eigenvalue weighted by Crippen LogP contribution is -2.31. The van der Waals surface area contributed by atoms with Crippen LogP contribution in [-0.4, -0.2) is 32.5 Å². The van der Waals surface area contributed by atoms with Crippen LogP contribution in [0.25, 0.3) is 0 Å². The molecule has 2 rings (SSSR count). The predicted octanol–water partition coefficient (Wildman–Crippen LogP) is 1.83. The van der Waals surface area contributed by atoms with Crippen molar-refractivity contribution in [3.8, 4) is 0 Å². The van der Waals surface area contributed by atoms with Gasteiger partial charge in [-0.15, -0.1) is 0 Å². The van der Waals surface area contributed by atoms with E-state index in [1.807, 2.05) is 0 Å². The van der Waals surface area contributed by atoms with E-state index < -0.39 is 17.6 Å². The van der Waals surface area contributed by atoms with E-state index in [0.29, 0.717) is 22.0 Å². The molecule has 0 radical (unpaired) electrons. The molecule has 0 unspecified atom stereocenters. The van der Waals surface area contributed by atoms with E-state index in [-0.39, 0.29) is 17.8 Å². The number of nitrogens with one attached hydrogen (secondary N) is 1. The summed E-state index contributed by atoms with van der Waals surface area (Å²) in [6.07, 6.45) is -0.240. The summed E-state index contributed by atoms with van der Waals surface area (Å²) in [5, 5.41) is 2.88. The second-order valence-corrected chi connectivity index (χ2v) is 6.84. The molecule has 1 amide bonds. The van der Waals surface area contributed by atoms with Crippen molar-refractivity contribution in [3.05, 3.63) is 38.5 Å². The van der Waals surface area contributed by atoms with Gasteiger partial charge in [-0.05, 0) is 40.7 Å². The molecule has 0 atom stereocenters. The van der Waals surface area contributed by atoms with E-state index in [1.54, 1.807) is 40.7 Å². The van der Waals surface area contributed by atoms with Gasteiger partial charge in [0.2, 0.25) is 5.91 Å². The Hall–Kier alpha value is -2.55. The first-order chi connectivity index (χ1) is 11.7. The average Bonchev–Trinajstić information content (AvgIpc) is 2.82.